The Morgan fingerprint density at radius 1 is 1.20 bits per heavy atom. The van der Waals surface area contributed by atoms with Crippen molar-refractivity contribution in [2.24, 2.45) is 0 Å². The molecule has 7 heteroatoms. The number of carbonyl (C=O) groups excluding carboxylic acids is 2. The molecule has 0 radical (unpaired) electrons. The van der Waals surface area contributed by atoms with Gasteiger partial charge in [0.05, 0.1) is 6.04 Å². The highest BCUT2D eigenvalue weighted by Crippen LogP contribution is 2.34. The first kappa shape index (κ1) is 25.3. The van der Waals surface area contributed by atoms with Crippen LogP contribution in [0.15, 0.2) is 60.0 Å². The average Bonchev–Trinajstić information content (AvgIpc) is 3.35. The van der Waals surface area contributed by atoms with E-state index in [0.29, 0.717) is 23.7 Å². The summed E-state index contributed by atoms with van der Waals surface area (Å²) in [6.45, 7) is 7.01. The molecule has 1 aromatic heterocycles. The average molecular weight is 511 g/mol. The van der Waals surface area contributed by atoms with E-state index in [4.69, 9.17) is 16.3 Å². The van der Waals surface area contributed by atoms with E-state index < -0.39 is 0 Å². The first-order valence-electron chi connectivity index (χ1n) is 12.0. The number of fused-ring (bicyclic) bond motifs is 1. The van der Waals surface area contributed by atoms with E-state index in [9.17, 15) is 9.59 Å². The van der Waals surface area contributed by atoms with Crippen LogP contribution in [0.3, 0.4) is 0 Å². The number of amides is 2. The quantitative estimate of drug-likeness (QED) is 0.365. The van der Waals surface area contributed by atoms with E-state index in [0.717, 1.165) is 24.2 Å². The van der Waals surface area contributed by atoms with Crippen LogP contribution >= 0.6 is 22.9 Å². The van der Waals surface area contributed by atoms with Crippen LogP contribution in [0, 0.1) is 6.92 Å². The van der Waals surface area contributed by atoms with Crippen LogP contribution in [0.2, 0.25) is 5.02 Å². The van der Waals surface area contributed by atoms with Crippen molar-refractivity contribution in [1.82, 2.24) is 9.80 Å². The van der Waals surface area contributed by atoms with Crippen LogP contribution in [-0.2, 0) is 11.2 Å². The van der Waals surface area contributed by atoms with Gasteiger partial charge in [-0.1, -0.05) is 42.3 Å². The summed E-state index contributed by atoms with van der Waals surface area (Å²) >= 11 is 7.85. The molecule has 0 saturated heterocycles. The lowest BCUT2D eigenvalue weighted by Gasteiger charge is -2.38. The molecule has 2 heterocycles. The zero-order valence-electron chi connectivity index (χ0n) is 20.4. The molecule has 35 heavy (non-hydrogen) atoms. The molecule has 0 spiro atoms. The number of nitrogens with zero attached hydrogens (tertiary/aromatic N) is 2. The highest BCUT2D eigenvalue weighted by Gasteiger charge is 2.34. The highest BCUT2D eigenvalue weighted by atomic mass is 35.5. The van der Waals surface area contributed by atoms with Gasteiger partial charge in [0.1, 0.15) is 18.9 Å². The summed E-state index contributed by atoms with van der Waals surface area (Å²) in [5, 5.41) is 2.58. The van der Waals surface area contributed by atoms with Crippen molar-refractivity contribution < 1.29 is 14.3 Å². The predicted molar refractivity (Wildman–Crippen MR) is 141 cm³/mol. The second kappa shape index (κ2) is 11.3. The minimum absolute atomic E-state index is 0.0147. The van der Waals surface area contributed by atoms with Gasteiger partial charge in [-0.25, -0.2) is 0 Å². The first-order valence-corrected chi connectivity index (χ1v) is 13.2. The fourth-order valence-electron chi connectivity index (χ4n) is 4.36. The van der Waals surface area contributed by atoms with E-state index in [1.165, 1.54) is 10.4 Å². The molecule has 0 unspecified atom stereocenters. The van der Waals surface area contributed by atoms with Gasteiger partial charge < -0.3 is 14.5 Å². The summed E-state index contributed by atoms with van der Waals surface area (Å²) in [6, 6.07) is 16.6. The molecule has 2 amide bonds. The summed E-state index contributed by atoms with van der Waals surface area (Å²) < 4.78 is 6.13. The summed E-state index contributed by atoms with van der Waals surface area (Å²) in [5.41, 5.74) is 2.79. The summed E-state index contributed by atoms with van der Waals surface area (Å²) in [5.74, 6) is 0.522. The molecule has 0 bridgehead atoms. The molecule has 2 aromatic carbocycles. The largest absolute Gasteiger partial charge is 0.491 e. The number of carbonyl (C=O) groups is 2. The molecule has 0 aliphatic carbocycles. The predicted octanol–water partition coefficient (Wildman–Crippen LogP) is 6.16. The number of aryl methyl sites for hydroxylation is 1. The van der Waals surface area contributed by atoms with Crippen molar-refractivity contribution in [2.45, 2.75) is 45.7 Å². The number of hydrogen-bond acceptors (Lipinski definition) is 4. The number of thiophene rings is 1. The molecule has 1 aliphatic rings. The van der Waals surface area contributed by atoms with Crippen LogP contribution in [0.5, 0.6) is 5.75 Å². The maximum absolute atomic E-state index is 13.7. The van der Waals surface area contributed by atoms with Crippen LogP contribution in [0.4, 0.5) is 0 Å². The smallest absolute Gasteiger partial charge is 0.254 e. The number of halogens is 1. The lowest BCUT2D eigenvalue weighted by atomic mass is 10.00. The zero-order chi connectivity index (χ0) is 24.9. The second-order valence-electron chi connectivity index (χ2n) is 8.98. The monoisotopic (exact) mass is 510 g/mol. The van der Waals surface area contributed by atoms with Crippen molar-refractivity contribution in [3.63, 3.8) is 0 Å². The SMILES string of the molecule is CC[C@H](C)N(CC(=O)N1CCc2sccc2[C@@H]1COc1ccc(C)cc1)C(=O)c1cccc(Cl)c1. The van der Waals surface area contributed by atoms with E-state index in [2.05, 4.69) is 11.4 Å². The van der Waals surface area contributed by atoms with Gasteiger partial charge in [-0.2, -0.15) is 0 Å². The minimum atomic E-state index is -0.196. The van der Waals surface area contributed by atoms with Gasteiger partial charge in [0, 0.05) is 28.0 Å². The first-order chi connectivity index (χ1) is 16.9. The highest BCUT2D eigenvalue weighted by molar-refractivity contribution is 7.10. The van der Waals surface area contributed by atoms with Crippen LogP contribution in [0.25, 0.3) is 0 Å². The fourth-order valence-corrected chi connectivity index (χ4v) is 5.47. The van der Waals surface area contributed by atoms with Crippen LogP contribution < -0.4 is 4.74 Å². The molecular formula is C28H31ClN2O3S. The van der Waals surface area contributed by atoms with Crippen molar-refractivity contribution >= 4 is 34.8 Å². The van der Waals surface area contributed by atoms with Crippen molar-refractivity contribution in [3.8, 4) is 5.75 Å². The minimum Gasteiger partial charge on any atom is -0.491 e. The Morgan fingerprint density at radius 2 is 1.97 bits per heavy atom. The molecule has 4 rings (SSSR count). The van der Waals surface area contributed by atoms with Gasteiger partial charge in [0.15, 0.2) is 0 Å². The molecule has 5 nitrogen and oxygen atoms in total. The van der Waals surface area contributed by atoms with Crippen molar-refractivity contribution in [2.75, 3.05) is 19.7 Å². The molecule has 2 atom stereocenters. The number of benzene rings is 2. The Bertz CT molecular complexity index is 1180. The Kier molecular flexibility index (Phi) is 8.14. The van der Waals surface area contributed by atoms with Gasteiger partial charge in [-0.05, 0) is 74.0 Å². The maximum Gasteiger partial charge on any atom is 0.254 e. The van der Waals surface area contributed by atoms with Gasteiger partial charge >= 0.3 is 0 Å². The lowest BCUT2D eigenvalue weighted by molar-refractivity contribution is -0.136. The third-order valence-electron chi connectivity index (χ3n) is 6.60. The zero-order valence-corrected chi connectivity index (χ0v) is 21.9. The Balaban J connectivity index is 1.54. The van der Waals surface area contributed by atoms with Crippen molar-refractivity contribution in [3.05, 3.63) is 86.6 Å². The topological polar surface area (TPSA) is 49.9 Å². The van der Waals surface area contributed by atoms with Gasteiger partial charge in [0.2, 0.25) is 5.91 Å². The molecule has 3 aromatic rings. The number of hydrogen-bond donors (Lipinski definition) is 0. The van der Waals surface area contributed by atoms with Crippen molar-refractivity contribution in [1.29, 1.82) is 0 Å². The second-order valence-corrected chi connectivity index (χ2v) is 10.4. The summed E-state index contributed by atoms with van der Waals surface area (Å²) in [6.07, 6.45) is 1.56. The van der Waals surface area contributed by atoms with E-state index >= 15 is 0 Å². The fraction of sp³-hybridized carbons (Fsp3) is 0.357. The molecule has 184 valence electrons. The standard InChI is InChI=1S/C28H31ClN2O3S/c1-4-20(3)31(28(33)21-6-5-7-22(29)16-21)17-27(32)30-14-12-26-24(13-15-35-26)25(30)18-34-23-10-8-19(2)9-11-23/h5-11,13,15-16,20,25H,4,12,14,17-18H2,1-3H3/t20-,25-/m0/s1. The normalized spacial score (nSPS) is 15.9. The Hall–Kier alpha value is -2.83. The van der Waals surface area contributed by atoms with E-state index in [-0.39, 0.29) is 30.4 Å². The maximum atomic E-state index is 13.7. The van der Waals surface area contributed by atoms with Gasteiger partial charge in [0.25, 0.3) is 5.91 Å². The Labute approximate surface area is 216 Å². The molecule has 0 saturated carbocycles. The molecule has 0 N–H and O–H groups in total. The number of rotatable bonds is 8. The third-order valence-corrected chi connectivity index (χ3v) is 7.84. The number of ether oxygens (including phenoxy) is 1. The Morgan fingerprint density at radius 3 is 2.69 bits per heavy atom. The van der Waals surface area contributed by atoms with E-state index in [1.54, 1.807) is 40.5 Å². The molecule has 0 fully saturated rings. The summed E-state index contributed by atoms with van der Waals surface area (Å²) in [4.78, 5) is 31.9. The van der Waals surface area contributed by atoms with Gasteiger partial charge in [-0.3, -0.25) is 9.59 Å². The van der Waals surface area contributed by atoms with Gasteiger partial charge in [-0.15, -0.1) is 11.3 Å². The molecular weight excluding hydrogens is 480 g/mol. The molecule has 1 aliphatic heterocycles. The summed E-state index contributed by atoms with van der Waals surface area (Å²) in [7, 11) is 0. The van der Waals surface area contributed by atoms with Crippen LogP contribution in [0.1, 0.15) is 52.7 Å². The van der Waals surface area contributed by atoms with Crippen LogP contribution in [-0.4, -0.2) is 47.4 Å². The van der Waals surface area contributed by atoms with E-state index in [1.807, 2.05) is 49.9 Å². The lowest BCUT2D eigenvalue weighted by Crippen LogP contribution is -2.49. The third kappa shape index (κ3) is 5.88.